The molecule has 0 atom stereocenters. The fourth-order valence-corrected chi connectivity index (χ4v) is 1.74. The van der Waals surface area contributed by atoms with Crippen LogP contribution in [-0.2, 0) is 37.5 Å². The van der Waals surface area contributed by atoms with Gasteiger partial charge in [0.1, 0.15) is 0 Å². The maximum absolute atomic E-state index is 10.4. The molecule has 4 nitrogen and oxygen atoms in total. The van der Waals surface area contributed by atoms with Crippen LogP contribution < -0.4 is 5.32 Å². The van der Waals surface area contributed by atoms with Gasteiger partial charge in [-0.3, -0.25) is 9.69 Å². The van der Waals surface area contributed by atoms with Crippen LogP contribution in [0, 0.1) is 7.43 Å². The second-order valence-electron chi connectivity index (χ2n) is 3.49. The number of hydrogen-bond acceptors (Lipinski definition) is 3. The number of piperazine rings is 1. The molecule has 2 fully saturated rings. The van der Waals surface area contributed by atoms with Crippen molar-refractivity contribution in [1.82, 2.24) is 15.1 Å². The molecule has 2 saturated heterocycles. The number of rotatable bonds is 2. The molecular formula is C9H18N3OY-. The molecule has 2 aliphatic heterocycles. The van der Waals surface area contributed by atoms with Crippen molar-refractivity contribution < 1.29 is 37.5 Å². The second-order valence-corrected chi connectivity index (χ2v) is 3.49. The van der Waals surface area contributed by atoms with E-state index in [2.05, 4.69) is 10.2 Å². The average Bonchev–Trinajstić information content (AvgIpc) is 2.03. The summed E-state index contributed by atoms with van der Waals surface area (Å²) in [4.78, 5) is 14.7. The summed E-state index contributed by atoms with van der Waals surface area (Å²) in [5.74, 6) is 0. The van der Waals surface area contributed by atoms with Crippen LogP contribution in [0.1, 0.15) is 0 Å². The molecule has 0 unspecified atom stereocenters. The topological polar surface area (TPSA) is 35.6 Å². The maximum atomic E-state index is 10.4. The molecule has 2 rings (SSSR count). The Morgan fingerprint density at radius 3 is 2.07 bits per heavy atom. The minimum atomic E-state index is 0. The third kappa shape index (κ3) is 3.26. The molecule has 0 spiro atoms. The zero-order valence-electron chi connectivity index (χ0n) is 8.78. The number of amides is 1. The van der Waals surface area contributed by atoms with Gasteiger partial charge in [-0.2, -0.15) is 0 Å². The van der Waals surface area contributed by atoms with Crippen LogP contribution in [-0.4, -0.2) is 61.5 Å². The Labute approximate surface area is 111 Å². The van der Waals surface area contributed by atoms with Gasteiger partial charge in [-0.1, -0.05) is 0 Å². The van der Waals surface area contributed by atoms with Gasteiger partial charge < -0.3 is 17.6 Å². The summed E-state index contributed by atoms with van der Waals surface area (Å²) in [6.07, 6.45) is 0.955. The van der Waals surface area contributed by atoms with E-state index in [1.807, 2.05) is 4.90 Å². The summed E-state index contributed by atoms with van der Waals surface area (Å²) in [5.41, 5.74) is 0. The Kier molecular flexibility index (Phi) is 7.13. The Hall–Kier alpha value is 0.494. The third-order valence-electron chi connectivity index (χ3n) is 2.77. The molecule has 0 aromatic carbocycles. The zero-order valence-corrected chi connectivity index (χ0v) is 11.6. The Bertz CT molecular complexity index is 167. The standard InChI is InChI=1S/C8H15N3O.CH3.Y/c12-7-10-1-3-11(4-2-10)8-5-9-6-8;;/h7-9H,1-6H2;1H3;/q;-1;. The predicted molar refractivity (Wildman–Crippen MR) is 52.3 cm³/mol. The van der Waals surface area contributed by atoms with Crippen molar-refractivity contribution >= 4 is 6.41 Å². The van der Waals surface area contributed by atoms with Crippen molar-refractivity contribution in [3.8, 4) is 0 Å². The molecule has 5 heteroatoms. The molecule has 0 bridgehead atoms. The number of carbonyl (C=O) groups is 1. The molecule has 0 aromatic rings. The van der Waals surface area contributed by atoms with E-state index in [1.54, 1.807) is 0 Å². The minimum absolute atomic E-state index is 0. The van der Waals surface area contributed by atoms with Crippen LogP contribution in [0.3, 0.4) is 0 Å². The first kappa shape index (κ1) is 14.5. The molecule has 1 radical (unpaired) electrons. The van der Waals surface area contributed by atoms with Crippen LogP contribution >= 0.6 is 0 Å². The normalized spacial score (nSPS) is 23.0. The summed E-state index contributed by atoms with van der Waals surface area (Å²) in [6, 6.07) is 0.735. The van der Waals surface area contributed by atoms with Gasteiger partial charge >= 0.3 is 0 Å². The van der Waals surface area contributed by atoms with Gasteiger partial charge in [-0.15, -0.1) is 0 Å². The van der Waals surface area contributed by atoms with Crippen LogP contribution in [0.15, 0.2) is 0 Å². The monoisotopic (exact) mass is 273 g/mol. The molecular weight excluding hydrogens is 255 g/mol. The molecule has 14 heavy (non-hydrogen) atoms. The Morgan fingerprint density at radius 2 is 1.71 bits per heavy atom. The van der Waals surface area contributed by atoms with Crippen LogP contribution in [0.2, 0.25) is 0 Å². The molecule has 1 N–H and O–H groups in total. The molecule has 79 valence electrons. The summed E-state index contributed by atoms with van der Waals surface area (Å²) in [6.45, 7) is 6.15. The minimum Gasteiger partial charge on any atom is -0.358 e. The van der Waals surface area contributed by atoms with Crippen molar-refractivity contribution in [3.05, 3.63) is 7.43 Å². The van der Waals surface area contributed by atoms with Crippen molar-refractivity contribution in [1.29, 1.82) is 0 Å². The van der Waals surface area contributed by atoms with Gasteiger partial charge in [0, 0.05) is 78.0 Å². The van der Waals surface area contributed by atoms with E-state index < -0.39 is 0 Å². The van der Waals surface area contributed by atoms with Gasteiger partial charge in [-0.05, 0) is 0 Å². The number of nitrogens with zero attached hydrogens (tertiary/aromatic N) is 2. The van der Waals surface area contributed by atoms with E-state index in [-0.39, 0.29) is 40.1 Å². The largest absolute Gasteiger partial charge is 0.358 e. The van der Waals surface area contributed by atoms with Crippen molar-refractivity contribution in [3.63, 3.8) is 0 Å². The first-order chi connectivity index (χ1) is 5.90. The van der Waals surface area contributed by atoms with Crippen molar-refractivity contribution in [2.75, 3.05) is 39.3 Å². The Morgan fingerprint density at radius 1 is 1.14 bits per heavy atom. The summed E-state index contributed by atoms with van der Waals surface area (Å²) in [7, 11) is 0. The van der Waals surface area contributed by atoms with Crippen LogP contribution in [0.4, 0.5) is 0 Å². The summed E-state index contributed by atoms with van der Waals surface area (Å²) < 4.78 is 0. The second kappa shape index (κ2) is 6.88. The van der Waals surface area contributed by atoms with Gasteiger partial charge in [0.15, 0.2) is 0 Å². The summed E-state index contributed by atoms with van der Waals surface area (Å²) in [5, 5.41) is 3.26. The van der Waals surface area contributed by atoms with Gasteiger partial charge in [0.05, 0.1) is 0 Å². The van der Waals surface area contributed by atoms with Crippen LogP contribution in [0.5, 0.6) is 0 Å². The van der Waals surface area contributed by atoms with Crippen molar-refractivity contribution in [2.45, 2.75) is 6.04 Å². The fraction of sp³-hybridized carbons (Fsp3) is 0.778. The van der Waals surface area contributed by atoms with Gasteiger partial charge in [-0.25, -0.2) is 0 Å². The smallest absolute Gasteiger partial charge is 0.209 e. The molecule has 0 saturated carbocycles. The Balaban J connectivity index is 0.000000845. The van der Waals surface area contributed by atoms with E-state index in [0.717, 1.165) is 51.7 Å². The quantitative estimate of drug-likeness (QED) is 0.527. The van der Waals surface area contributed by atoms with E-state index in [4.69, 9.17) is 0 Å². The number of hydrogen-bond donors (Lipinski definition) is 1. The average molecular weight is 273 g/mol. The summed E-state index contributed by atoms with van der Waals surface area (Å²) >= 11 is 0. The molecule has 0 aliphatic carbocycles. The molecule has 1 amide bonds. The van der Waals surface area contributed by atoms with E-state index >= 15 is 0 Å². The van der Waals surface area contributed by atoms with Gasteiger partial charge in [0.2, 0.25) is 6.41 Å². The molecule has 2 aliphatic rings. The maximum Gasteiger partial charge on any atom is 0.209 e. The number of carbonyl (C=O) groups excluding carboxylic acids is 1. The third-order valence-corrected chi connectivity index (χ3v) is 2.77. The number of nitrogens with one attached hydrogen (secondary N) is 1. The fourth-order valence-electron chi connectivity index (χ4n) is 1.74. The van der Waals surface area contributed by atoms with E-state index in [1.165, 1.54) is 0 Å². The molecule has 2 heterocycles. The predicted octanol–water partition coefficient (Wildman–Crippen LogP) is -0.820. The first-order valence-electron chi connectivity index (χ1n) is 4.54. The van der Waals surface area contributed by atoms with E-state index in [9.17, 15) is 4.79 Å². The van der Waals surface area contributed by atoms with Crippen molar-refractivity contribution in [2.24, 2.45) is 0 Å². The van der Waals surface area contributed by atoms with E-state index in [0.29, 0.717) is 0 Å². The first-order valence-corrected chi connectivity index (χ1v) is 4.54. The SMILES string of the molecule is O=CN1CCN(C2CNC2)CC1.[CH3-].[Y]. The van der Waals surface area contributed by atoms with Gasteiger partial charge in [0.25, 0.3) is 0 Å². The zero-order chi connectivity index (χ0) is 8.39. The van der Waals surface area contributed by atoms with Crippen LogP contribution in [0.25, 0.3) is 0 Å². The molecule has 0 aromatic heterocycles.